The van der Waals surface area contributed by atoms with E-state index in [1.807, 2.05) is 24.3 Å². The van der Waals surface area contributed by atoms with Crippen LogP contribution in [0.15, 0.2) is 48.5 Å². The molecule has 5 nitrogen and oxygen atoms in total. The van der Waals surface area contributed by atoms with E-state index in [1.165, 1.54) is 10.9 Å². The monoisotopic (exact) mass is 323 g/mol. The first-order valence-corrected chi connectivity index (χ1v) is 8.20. The predicted molar refractivity (Wildman–Crippen MR) is 97.0 cm³/mol. The van der Waals surface area contributed by atoms with Crippen molar-refractivity contribution in [2.24, 2.45) is 0 Å². The third-order valence-electron chi connectivity index (χ3n) is 4.46. The van der Waals surface area contributed by atoms with Gasteiger partial charge in [-0.2, -0.15) is 0 Å². The molecule has 0 atom stereocenters. The molecular formula is C19H21N3O2. The first-order valence-electron chi connectivity index (χ1n) is 8.20. The lowest BCUT2D eigenvalue weighted by Gasteiger charge is -2.18. The highest BCUT2D eigenvalue weighted by atomic mass is 16.6. The Kier molecular flexibility index (Phi) is 4.62. The summed E-state index contributed by atoms with van der Waals surface area (Å²) in [6, 6.07) is 15.0. The fourth-order valence-electron chi connectivity index (χ4n) is 3.03. The van der Waals surface area contributed by atoms with Crippen LogP contribution in [-0.4, -0.2) is 27.9 Å². The molecule has 0 amide bonds. The van der Waals surface area contributed by atoms with Gasteiger partial charge < -0.3 is 4.98 Å². The van der Waals surface area contributed by atoms with Crippen LogP contribution in [0.4, 0.5) is 5.69 Å². The Hall–Kier alpha value is -2.66. The first-order chi connectivity index (χ1) is 11.6. The van der Waals surface area contributed by atoms with Crippen molar-refractivity contribution in [1.82, 2.24) is 9.88 Å². The predicted octanol–water partition coefficient (Wildman–Crippen LogP) is 4.58. The van der Waals surface area contributed by atoms with E-state index >= 15 is 0 Å². The molecule has 1 heterocycles. The molecule has 3 rings (SSSR count). The number of rotatable bonds is 6. The maximum absolute atomic E-state index is 10.9. The van der Waals surface area contributed by atoms with Crippen LogP contribution in [0.2, 0.25) is 0 Å². The molecule has 5 heteroatoms. The topological polar surface area (TPSA) is 62.2 Å². The van der Waals surface area contributed by atoms with Gasteiger partial charge in [0.2, 0.25) is 0 Å². The second kappa shape index (κ2) is 6.84. The highest BCUT2D eigenvalue weighted by Crippen LogP contribution is 2.32. The van der Waals surface area contributed by atoms with Gasteiger partial charge >= 0.3 is 0 Å². The van der Waals surface area contributed by atoms with Crippen LogP contribution in [-0.2, 0) is 6.54 Å². The molecule has 0 aliphatic heterocycles. The molecule has 3 aromatic rings. The third-order valence-corrected chi connectivity index (χ3v) is 4.46. The maximum atomic E-state index is 10.9. The fraction of sp³-hybridized carbons (Fsp3) is 0.263. The number of benzene rings is 2. The van der Waals surface area contributed by atoms with Crippen molar-refractivity contribution >= 4 is 16.6 Å². The molecule has 24 heavy (non-hydrogen) atoms. The summed E-state index contributed by atoms with van der Waals surface area (Å²) in [4.78, 5) is 16.4. The lowest BCUT2D eigenvalue weighted by molar-refractivity contribution is -0.384. The zero-order valence-electron chi connectivity index (χ0n) is 14.0. The van der Waals surface area contributed by atoms with Gasteiger partial charge in [0.1, 0.15) is 0 Å². The summed E-state index contributed by atoms with van der Waals surface area (Å²) in [5.41, 5.74) is 4.45. The van der Waals surface area contributed by atoms with Gasteiger partial charge in [-0.05, 0) is 42.4 Å². The van der Waals surface area contributed by atoms with Gasteiger partial charge in [-0.15, -0.1) is 0 Å². The van der Waals surface area contributed by atoms with E-state index in [2.05, 4.69) is 35.9 Å². The molecule has 0 bridgehead atoms. The minimum absolute atomic E-state index is 0.111. The van der Waals surface area contributed by atoms with Crippen LogP contribution < -0.4 is 0 Å². The highest BCUT2D eigenvalue weighted by Gasteiger charge is 2.16. The second-order valence-corrected chi connectivity index (χ2v) is 5.79. The summed E-state index contributed by atoms with van der Waals surface area (Å²) in [6.07, 6.45) is 0. The van der Waals surface area contributed by atoms with Gasteiger partial charge in [0.25, 0.3) is 5.69 Å². The Morgan fingerprint density at radius 2 is 1.71 bits per heavy atom. The normalized spacial score (nSPS) is 11.3. The van der Waals surface area contributed by atoms with Crippen LogP contribution in [0.1, 0.15) is 19.4 Å². The van der Waals surface area contributed by atoms with E-state index in [0.717, 1.165) is 36.4 Å². The van der Waals surface area contributed by atoms with Crippen molar-refractivity contribution in [2.75, 3.05) is 13.1 Å². The van der Waals surface area contributed by atoms with Crippen molar-refractivity contribution < 1.29 is 4.92 Å². The molecule has 0 fully saturated rings. The molecule has 124 valence electrons. The number of aromatic amines is 1. The third kappa shape index (κ3) is 3.03. The molecule has 0 unspecified atom stereocenters. The van der Waals surface area contributed by atoms with Gasteiger partial charge in [0.05, 0.1) is 10.6 Å². The van der Waals surface area contributed by atoms with E-state index in [4.69, 9.17) is 0 Å². The SMILES string of the molecule is CCN(CC)Cc1c(-c2ccc([N+](=O)[O-])cc2)[nH]c2ccccc12. The van der Waals surface area contributed by atoms with Gasteiger partial charge in [0.15, 0.2) is 0 Å². The van der Waals surface area contributed by atoms with E-state index in [1.54, 1.807) is 12.1 Å². The average molecular weight is 323 g/mol. The van der Waals surface area contributed by atoms with E-state index in [9.17, 15) is 10.1 Å². The second-order valence-electron chi connectivity index (χ2n) is 5.79. The maximum Gasteiger partial charge on any atom is 0.269 e. The van der Waals surface area contributed by atoms with Gasteiger partial charge in [0, 0.05) is 29.6 Å². The van der Waals surface area contributed by atoms with Crippen molar-refractivity contribution in [2.45, 2.75) is 20.4 Å². The minimum Gasteiger partial charge on any atom is -0.354 e. The Morgan fingerprint density at radius 1 is 1.04 bits per heavy atom. The molecule has 1 N–H and O–H groups in total. The van der Waals surface area contributed by atoms with Crippen LogP contribution in [0.5, 0.6) is 0 Å². The smallest absolute Gasteiger partial charge is 0.269 e. The average Bonchev–Trinajstić information content (AvgIpc) is 2.98. The number of non-ortho nitro benzene ring substituents is 1. The summed E-state index contributed by atoms with van der Waals surface area (Å²) in [6.45, 7) is 7.13. The highest BCUT2D eigenvalue weighted by molar-refractivity contribution is 5.90. The summed E-state index contributed by atoms with van der Waals surface area (Å²) < 4.78 is 0. The van der Waals surface area contributed by atoms with Crippen molar-refractivity contribution in [1.29, 1.82) is 0 Å². The van der Waals surface area contributed by atoms with Crippen LogP contribution in [0.25, 0.3) is 22.2 Å². The molecule has 0 spiro atoms. The molecule has 0 saturated carbocycles. The number of aromatic nitrogens is 1. The molecule has 0 aliphatic rings. The number of nitrogens with zero attached hydrogens (tertiary/aromatic N) is 2. The standard InChI is InChI=1S/C19H21N3O2/c1-3-21(4-2)13-17-16-7-5-6-8-18(16)20-19(17)14-9-11-15(12-10-14)22(23)24/h5-12,20H,3-4,13H2,1-2H3. The molecule has 0 aliphatic carbocycles. The lowest BCUT2D eigenvalue weighted by atomic mass is 10.0. The number of hydrogen-bond donors (Lipinski definition) is 1. The largest absolute Gasteiger partial charge is 0.354 e. The van der Waals surface area contributed by atoms with Gasteiger partial charge in [-0.3, -0.25) is 15.0 Å². The Bertz CT molecular complexity index is 849. The Balaban J connectivity index is 2.10. The minimum atomic E-state index is -0.369. The van der Waals surface area contributed by atoms with Crippen molar-refractivity contribution in [3.05, 3.63) is 64.2 Å². The van der Waals surface area contributed by atoms with Crippen LogP contribution >= 0.6 is 0 Å². The molecule has 0 radical (unpaired) electrons. The zero-order valence-corrected chi connectivity index (χ0v) is 14.0. The Labute approximate surface area is 141 Å². The molecule has 2 aromatic carbocycles. The molecule has 0 saturated heterocycles. The summed E-state index contributed by atoms with van der Waals surface area (Å²) in [5, 5.41) is 12.1. The van der Waals surface area contributed by atoms with Gasteiger partial charge in [-0.25, -0.2) is 0 Å². The number of hydrogen-bond acceptors (Lipinski definition) is 3. The summed E-state index contributed by atoms with van der Waals surface area (Å²) >= 11 is 0. The van der Waals surface area contributed by atoms with Crippen LogP contribution in [0.3, 0.4) is 0 Å². The summed E-state index contributed by atoms with van der Waals surface area (Å²) in [5.74, 6) is 0. The summed E-state index contributed by atoms with van der Waals surface area (Å²) in [7, 11) is 0. The number of fused-ring (bicyclic) bond motifs is 1. The number of H-pyrrole nitrogens is 1. The van der Waals surface area contributed by atoms with Crippen LogP contribution in [0, 0.1) is 10.1 Å². The van der Waals surface area contributed by atoms with E-state index in [0.29, 0.717) is 0 Å². The number of nitro benzene ring substituents is 1. The first kappa shape index (κ1) is 16.2. The number of nitro groups is 1. The van der Waals surface area contributed by atoms with E-state index in [-0.39, 0.29) is 10.6 Å². The zero-order chi connectivity index (χ0) is 17.1. The lowest BCUT2D eigenvalue weighted by Crippen LogP contribution is -2.22. The molecular weight excluding hydrogens is 302 g/mol. The van der Waals surface area contributed by atoms with Crippen molar-refractivity contribution in [3.63, 3.8) is 0 Å². The van der Waals surface area contributed by atoms with Gasteiger partial charge in [-0.1, -0.05) is 32.0 Å². The number of nitrogens with one attached hydrogen (secondary N) is 1. The number of para-hydroxylation sites is 1. The molecule has 1 aromatic heterocycles. The fourth-order valence-corrected chi connectivity index (χ4v) is 3.03. The Morgan fingerprint density at radius 3 is 2.33 bits per heavy atom. The van der Waals surface area contributed by atoms with Crippen molar-refractivity contribution in [3.8, 4) is 11.3 Å². The van der Waals surface area contributed by atoms with E-state index < -0.39 is 0 Å². The quantitative estimate of drug-likeness (QED) is 0.533.